The Labute approximate surface area is 189 Å². The zero-order chi connectivity index (χ0) is 23.5. The van der Waals surface area contributed by atoms with Gasteiger partial charge in [0.05, 0.1) is 23.9 Å². The highest BCUT2D eigenvalue weighted by Gasteiger charge is 2.22. The maximum Gasteiger partial charge on any atom is 0.337 e. The minimum atomic E-state index is -0.617. The Morgan fingerprint density at radius 2 is 1.61 bits per heavy atom. The number of benzene rings is 3. The molecular weight excluding hydrogens is 426 g/mol. The lowest BCUT2D eigenvalue weighted by atomic mass is 9.97. The van der Waals surface area contributed by atoms with Crippen LogP contribution in [0.25, 0.3) is 0 Å². The van der Waals surface area contributed by atoms with Gasteiger partial charge in [-0.25, -0.2) is 4.79 Å². The highest BCUT2D eigenvalue weighted by Crippen LogP contribution is 2.32. The summed E-state index contributed by atoms with van der Waals surface area (Å²) in [6, 6.07) is 14.0. The van der Waals surface area contributed by atoms with Gasteiger partial charge in [-0.3, -0.25) is 9.59 Å². The second-order valence-corrected chi connectivity index (χ2v) is 7.37. The number of nitrogens with one attached hydrogen (secondary N) is 1. The van der Waals surface area contributed by atoms with Gasteiger partial charge in [0.2, 0.25) is 0 Å². The predicted octanol–water partition coefficient (Wildman–Crippen LogP) is 3.74. The monoisotopic (exact) mass is 447 g/mol. The van der Waals surface area contributed by atoms with Gasteiger partial charge in [0.15, 0.2) is 17.3 Å². The van der Waals surface area contributed by atoms with Gasteiger partial charge in [-0.15, -0.1) is 0 Å². The van der Waals surface area contributed by atoms with Crippen molar-refractivity contribution in [2.75, 3.05) is 25.6 Å². The molecular formula is C25H21NO7. The maximum atomic E-state index is 13.2. The number of fused-ring (bicyclic) bond motifs is 1. The molecule has 8 nitrogen and oxygen atoms in total. The SMILES string of the molecule is COC(=O)c1cc(C)c(O)c(NC(=O)c2ccccc2C(=O)c2ccc3c(c2)OCCO3)c1. The zero-order valence-corrected chi connectivity index (χ0v) is 18.0. The molecule has 1 aliphatic rings. The Morgan fingerprint density at radius 1 is 0.909 bits per heavy atom. The van der Waals surface area contributed by atoms with Crippen molar-refractivity contribution in [1.29, 1.82) is 0 Å². The van der Waals surface area contributed by atoms with Crippen LogP contribution in [0.5, 0.6) is 17.2 Å². The first-order valence-corrected chi connectivity index (χ1v) is 10.2. The minimum absolute atomic E-state index is 0.0296. The van der Waals surface area contributed by atoms with Crippen molar-refractivity contribution in [2.24, 2.45) is 0 Å². The molecule has 0 spiro atoms. The van der Waals surface area contributed by atoms with Gasteiger partial charge in [0.25, 0.3) is 5.91 Å². The van der Waals surface area contributed by atoms with E-state index in [-0.39, 0.29) is 33.9 Å². The molecule has 0 unspecified atom stereocenters. The van der Waals surface area contributed by atoms with Crippen LogP contribution in [-0.4, -0.2) is 43.1 Å². The molecule has 0 atom stereocenters. The third kappa shape index (κ3) is 4.36. The number of hydrogen-bond acceptors (Lipinski definition) is 7. The number of methoxy groups -OCH3 is 1. The summed E-state index contributed by atoms with van der Waals surface area (Å²) in [6.45, 7) is 2.42. The third-order valence-electron chi connectivity index (χ3n) is 5.19. The van der Waals surface area contributed by atoms with E-state index in [1.807, 2.05) is 0 Å². The van der Waals surface area contributed by atoms with Crippen molar-refractivity contribution in [1.82, 2.24) is 0 Å². The van der Waals surface area contributed by atoms with Crippen molar-refractivity contribution in [3.63, 3.8) is 0 Å². The number of ether oxygens (including phenoxy) is 3. The molecule has 0 fully saturated rings. The van der Waals surface area contributed by atoms with E-state index in [4.69, 9.17) is 14.2 Å². The summed E-state index contributed by atoms with van der Waals surface area (Å²) in [5, 5.41) is 13.0. The molecule has 0 bridgehead atoms. The molecule has 33 heavy (non-hydrogen) atoms. The Morgan fingerprint density at radius 3 is 2.33 bits per heavy atom. The Kier molecular flexibility index (Phi) is 5.99. The fraction of sp³-hybridized carbons (Fsp3) is 0.160. The molecule has 0 saturated carbocycles. The average molecular weight is 447 g/mol. The highest BCUT2D eigenvalue weighted by molar-refractivity contribution is 6.18. The molecule has 0 saturated heterocycles. The van der Waals surface area contributed by atoms with Crippen LogP contribution < -0.4 is 14.8 Å². The average Bonchev–Trinajstić information content (AvgIpc) is 2.85. The van der Waals surface area contributed by atoms with Gasteiger partial charge in [0.1, 0.15) is 19.0 Å². The molecule has 2 N–H and O–H groups in total. The number of hydrogen-bond donors (Lipinski definition) is 2. The number of rotatable bonds is 5. The first kappa shape index (κ1) is 21.9. The number of ketones is 1. The topological polar surface area (TPSA) is 111 Å². The second-order valence-electron chi connectivity index (χ2n) is 7.37. The van der Waals surface area contributed by atoms with E-state index in [0.717, 1.165) is 0 Å². The van der Waals surface area contributed by atoms with Gasteiger partial charge in [-0.1, -0.05) is 18.2 Å². The first-order chi connectivity index (χ1) is 15.9. The summed E-state index contributed by atoms with van der Waals surface area (Å²) < 4.78 is 15.8. The van der Waals surface area contributed by atoms with Crippen molar-refractivity contribution in [3.05, 3.63) is 82.4 Å². The third-order valence-corrected chi connectivity index (χ3v) is 5.19. The molecule has 1 heterocycles. The van der Waals surface area contributed by atoms with E-state index in [9.17, 15) is 19.5 Å². The highest BCUT2D eigenvalue weighted by atomic mass is 16.6. The fourth-order valence-corrected chi connectivity index (χ4v) is 3.52. The standard InChI is InChI=1S/C25H21NO7/c1-14-11-16(25(30)31-2)12-19(22(14)27)26-24(29)18-6-4-3-5-17(18)23(28)15-7-8-20-21(13-15)33-10-9-32-20/h3-8,11-13,27H,9-10H2,1-2H3,(H,26,29). The van der Waals surface area contributed by atoms with E-state index < -0.39 is 11.9 Å². The number of anilines is 1. The minimum Gasteiger partial charge on any atom is -0.505 e. The summed E-state index contributed by atoms with van der Waals surface area (Å²) in [5.41, 5.74) is 1.20. The predicted molar refractivity (Wildman–Crippen MR) is 119 cm³/mol. The quantitative estimate of drug-likeness (QED) is 0.348. The number of phenolic OH excluding ortho intramolecular Hbond substituents is 1. The number of carbonyl (C=O) groups is 3. The van der Waals surface area contributed by atoms with Crippen molar-refractivity contribution < 1.29 is 33.7 Å². The molecule has 4 rings (SSSR count). The summed E-state index contributed by atoms with van der Waals surface area (Å²) in [7, 11) is 1.24. The number of amides is 1. The lowest BCUT2D eigenvalue weighted by Crippen LogP contribution is -2.18. The first-order valence-electron chi connectivity index (χ1n) is 10.2. The Bertz CT molecular complexity index is 1270. The fourth-order valence-electron chi connectivity index (χ4n) is 3.52. The molecule has 1 amide bonds. The van der Waals surface area contributed by atoms with Crippen LogP contribution in [0.4, 0.5) is 5.69 Å². The molecule has 0 aliphatic carbocycles. The van der Waals surface area contributed by atoms with Crippen molar-refractivity contribution in [3.8, 4) is 17.2 Å². The number of phenols is 1. The van der Waals surface area contributed by atoms with Gasteiger partial charge in [-0.2, -0.15) is 0 Å². The lowest BCUT2D eigenvalue weighted by Gasteiger charge is -2.19. The maximum absolute atomic E-state index is 13.2. The zero-order valence-electron chi connectivity index (χ0n) is 18.0. The van der Waals surface area contributed by atoms with E-state index in [1.54, 1.807) is 43.3 Å². The van der Waals surface area contributed by atoms with Crippen LogP contribution in [0.15, 0.2) is 54.6 Å². The molecule has 8 heteroatoms. The summed E-state index contributed by atoms with van der Waals surface area (Å²) in [5.74, 6) is -0.765. The summed E-state index contributed by atoms with van der Waals surface area (Å²) in [4.78, 5) is 38.2. The molecule has 3 aromatic carbocycles. The number of carbonyl (C=O) groups excluding carboxylic acids is 3. The number of esters is 1. The summed E-state index contributed by atoms with van der Waals surface area (Å²) in [6.07, 6.45) is 0. The second kappa shape index (κ2) is 9.04. The lowest BCUT2D eigenvalue weighted by molar-refractivity contribution is 0.0600. The van der Waals surface area contributed by atoms with E-state index in [1.165, 1.54) is 25.3 Å². The smallest absolute Gasteiger partial charge is 0.337 e. The van der Waals surface area contributed by atoms with Crippen molar-refractivity contribution >= 4 is 23.3 Å². The van der Waals surface area contributed by atoms with Crippen LogP contribution >= 0.6 is 0 Å². The van der Waals surface area contributed by atoms with E-state index >= 15 is 0 Å². The van der Waals surface area contributed by atoms with Crippen LogP contribution in [0, 0.1) is 6.92 Å². The molecule has 3 aromatic rings. The molecule has 168 valence electrons. The van der Waals surface area contributed by atoms with Crippen LogP contribution in [0.2, 0.25) is 0 Å². The normalized spacial score (nSPS) is 12.1. The van der Waals surface area contributed by atoms with Crippen LogP contribution in [-0.2, 0) is 4.74 Å². The molecule has 0 aromatic heterocycles. The van der Waals surface area contributed by atoms with E-state index in [0.29, 0.717) is 35.8 Å². The van der Waals surface area contributed by atoms with Crippen LogP contribution in [0.3, 0.4) is 0 Å². The van der Waals surface area contributed by atoms with Gasteiger partial charge >= 0.3 is 5.97 Å². The van der Waals surface area contributed by atoms with Crippen LogP contribution in [0.1, 0.15) is 42.2 Å². The Balaban J connectivity index is 1.65. The van der Waals surface area contributed by atoms with Gasteiger partial charge < -0.3 is 24.6 Å². The van der Waals surface area contributed by atoms with Gasteiger partial charge in [0, 0.05) is 11.1 Å². The largest absolute Gasteiger partial charge is 0.505 e. The van der Waals surface area contributed by atoms with Gasteiger partial charge in [-0.05, 0) is 48.9 Å². The molecule has 1 aliphatic heterocycles. The van der Waals surface area contributed by atoms with E-state index in [2.05, 4.69) is 5.32 Å². The summed E-state index contributed by atoms with van der Waals surface area (Å²) >= 11 is 0. The number of aromatic hydroxyl groups is 1. The number of aryl methyl sites for hydroxylation is 1. The van der Waals surface area contributed by atoms with Crippen molar-refractivity contribution in [2.45, 2.75) is 6.92 Å². The molecule has 0 radical (unpaired) electrons. The Hall–Kier alpha value is -4.33.